The number of rotatable bonds is 7. The lowest BCUT2D eigenvalue weighted by molar-refractivity contribution is 0.394. The molecule has 2 heterocycles. The Morgan fingerprint density at radius 1 is 0.968 bits per heavy atom. The van der Waals surface area contributed by atoms with Gasteiger partial charge in [-0.3, -0.25) is 0 Å². The molecule has 0 N–H and O–H groups in total. The van der Waals surface area contributed by atoms with Crippen molar-refractivity contribution in [3.05, 3.63) is 63.0 Å². The maximum Gasteiger partial charge on any atom is 0.336 e. The monoisotopic (exact) mass is 458 g/mol. The van der Waals surface area contributed by atoms with E-state index in [0.29, 0.717) is 44.5 Å². The molecule has 9 heteroatoms. The van der Waals surface area contributed by atoms with Crippen LogP contribution in [0.5, 0.6) is 11.5 Å². The van der Waals surface area contributed by atoms with Crippen molar-refractivity contribution in [2.45, 2.75) is 24.3 Å². The summed E-state index contributed by atoms with van der Waals surface area (Å²) in [4.78, 5) is 12.0. The van der Waals surface area contributed by atoms with Crippen molar-refractivity contribution >= 4 is 34.3 Å². The fourth-order valence-corrected chi connectivity index (χ4v) is 4.19. The van der Waals surface area contributed by atoms with Gasteiger partial charge in [0.15, 0.2) is 0 Å². The first kappa shape index (κ1) is 21.3. The molecule has 0 bridgehead atoms. The molecule has 0 saturated carbocycles. The molecule has 2 aromatic heterocycles. The Hall–Kier alpha value is -2.97. The molecule has 0 fully saturated rings. The molecule has 0 aliphatic rings. The molecule has 0 amide bonds. The van der Waals surface area contributed by atoms with Crippen molar-refractivity contribution in [2.24, 2.45) is 0 Å². The van der Waals surface area contributed by atoms with E-state index in [1.54, 1.807) is 32.4 Å². The molecule has 4 rings (SSSR count). The molecular formula is C22H19ClN2O5S. The zero-order chi connectivity index (χ0) is 22.0. The second-order valence-electron chi connectivity index (χ2n) is 6.65. The minimum Gasteiger partial charge on any atom is -0.497 e. The van der Waals surface area contributed by atoms with E-state index in [-0.39, 0.29) is 0 Å². The van der Waals surface area contributed by atoms with Crippen LogP contribution in [0.25, 0.3) is 22.4 Å². The van der Waals surface area contributed by atoms with Gasteiger partial charge in [-0.1, -0.05) is 30.3 Å². The number of benzene rings is 2. The highest BCUT2D eigenvalue weighted by Crippen LogP contribution is 2.33. The van der Waals surface area contributed by atoms with E-state index in [2.05, 4.69) is 10.2 Å². The number of hydrogen-bond donors (Lipinski definition) is 0. The number of thioether (sulfide) groups is 1. The minimum absolute atomic E-state index is 0.341. The van der Waals surface area contributed by atoms with Gasteiger partial charge < -0.3 is 18.3 Å². The Kier molecular flexibility index (Phi) is 6.20. The molecule has 2 aromatic carbocycles. The highest BCUT2D eigenvalue weighted by molar-refractivity contribution is 7.98. The third kappa shape index (κ3) is 4.55. The van der Waals surface area contributed by atoms with Crippen LogP contribution in [0.3, 0.4) is 0 Å². The Balaban J connectivity index is 1.60. The zero-order valence-corrected chi connectivity index (χ0v) is 18.7. The van der Waals surface area contributed by atoms with Crippen molar-refractivity contribution in [3.63, 3.8) is 0 Å². The van der Waals surface area contributed by atoms with Gasteiger partial charge in [0, 0.05) is 33.9 Å². The second-order valence-corrected chi connectivity index (χ2v) is 7.98. The third-order valence-corrected chi connectivity index (χ3v) is 5.95. The summed E-state index contributed by atoms with van der Waals surface area (Å²) in [5.74, 6) is 2.01. The molecule has 7 nitrogen and oxygen atoms in total. The summed E-state index contributed by atoms with van der Waals surface area (Å²) >= 11 is 7.69. The number of methoxy groups -OCH3 is 2. The summed E-state index contributed by atoms with van der Waals surface area (Å²) in [6, 6.07) is 10.4. The fourth-order valence-electron chi connectivity index (χ4n) is 3.13. The Morgan fingerprint density at radius 2 is 1.71 bits per heavy atom. The molecule has 0 unspecified atom stereocenters. The summed E-state index contributed by atoms with van der Waals surface area (Å²) in [6.07, 6.45) is 0.747. The van der Waals surface area contributed by atoms with Gasteiger partial charge in [0.25, 0.3) is 5.22 Å². The van der Waals surface area contributed by atoms with Crippen molar-refractivity contribution in [3.8, 4) is 23.0 Å². The molecular weight excluding hydrogens is 440 g/mol. The van der Waals surface area contributed by atoms with Crippen molar-refractivity contribution in [1.82, 2.24) is 10.2 Å². The Bertz CT molecular complexity index is 1280. The molecule has 160 valence electrons. The van der Waals surface area contributed by atoms with E-state index < -0.39 is 5.63 Å². The lowest BCUT2D eigenvalue weighted by atomic mass is 10.1. The molecule has 0 atom stereocenters. The lowest BCUT2D eigenvalue weighted by Crippen LogP contribution is -2.00. The number of ether oxygens (including phenoxy) is 2. The van der Waals surface area contributed by atoms with Crippen molar-refractivity contribution in [1.29, 1.82) is 0 Å². The van der Waals surface area contributed by atoms with Gasteiger partial charge in [-0.25, -0.2) is 4.79 Å². The first-order valence-electron chi connectivity index (χ1n) is 9.45. The minimum atomic E-state index is -0.415. The lowest BCUT2D eigenvalue weighted by Gasteiger charge is -2.07. The summed E-state index contributed by atoms with van der Waals surface area (Å²) < 4.78 is 21.7. The molecule has 0 aliphatic heterocycles. The summed E-state index contributed by atoms with van der Waals surface area (Å²) in [5, 5.41) is 10.0. The molecule has 31 heavy (non-hydrogen) atoms. The summed E-state index contributed by atoms with van der Waals surface area (Å²) in [7, 11) is 3.15. The normalized spacial score (nSPS) is 11.1. The first-order valence-corrected chi connectivity index (χ1v) is 10.8. The maximum atomic E-state index is 12.0. The van der Waals surface area contributed by atoms with Crippen LogP contribution in [0.2, 0.25) is 5.02 Å². The SMILES string of the molecule is CCc1cc2oc(=O)cc(CSc3nnc(-c4cc(OC)cc(OC)c4)o3)c2cc1Cl. The summed E-state index contributed by atoms with van der Waals surface area (Å²) in [5.41, 5.74) is 2.49. The predicted octanol–water partition coefficient (Wildman–Crippen LogP) is 5.37. The van der Waals surface area contributed by atoms with E-state index in [1.165, 1.54) is 17.8 Å². The molecule has 0 spiro atoms. The van der Waals surface area contributed by atoms with E-state index >= 15 is 0 Å². The van der Waals surface area contributed by atoms with E-state index in [4.69, 9.17) is 29.9 Å². The largest absolute Gasteiger partial charge is 0.497 e. The van der Waals surface area contributed by atoms with Crippen LogP contribution in [0.15, 0.2) is 55.2 Å². The van der Waals surface area contributed by atoms with Crippen LogP contribution < -0.4 is 15.1 Å². The molecule has 0 saturated heterocycles. The highest BCUT2D eigenvalue weighted by atomic mass is 35.5. The quantitative estimate of drug-likeness (QED) is 0.270. The van der Waals surface area contributed by atoms with E-state index in [0.717, 1.165) is 22.9 Å². The first-order chi connectivity index (χ1) is 15.0. The zero-order valence-electron chi connectivity index (χ0n) is 17.1. The average Bonchev–Trinajstić information content (AvgIpc) is 3.26. The van der Waals surface area contributed by atoms with Crippen LogP contribution in [-0.4, -0.2) is 24.4 Å². The van der Waals surface area contributed by atoms with Crippen LogP contribution >= 0.6 is 23.4 Å². The van der Waals surface area contributed by atoms with E-state index in [9.17, 15) is 4.79 Å². The smallest absolute Gasteiger partial charge is 0.336 e. The van der Waals surface area contributed by atoms with Crippen molar-refractivity contribution in [2.75, 3.05) is 14.2 Å². The van der Waals surface area contributed by atoms with Crippen LogP contribution in [0, 0.1) is 0 Å². The topological polar surface area (TPSA) is 87.6 Å². The third-order valence-electron chi connectivity index (χ3n) is 4.73. The highest BCUT2D eigenvalue weighted by Gasteiger charge is 2.14. The molecule has 0 aliphatic carbocycles. The summed E-state index contributed by atoms with van der Waals surface area (Å²) in [6.45, 7) is 2.00. The van der Waals surface area contributed by atoms with Gasteiger partial charge in [-0.15, -0.1) is 10.2 Å². The van der Waals surface area contributed by atoms with Gasteiger partial charge >= 0.3 is 5.63 Å². The average molecular weight is 459 g/mol. The Labute approximate surface area is 187 Å². The predicted molar refractivity (Wildman–Crippen MR) is 119 cm³/mol. The van der Waals surface area contributed by atoms with Gasteiger partial charge in [-0.2, -0.15) is 0 Å². The number of aromatic nitrogens is 2. The van der Waals surface area contributed by atoms with Gasteiger partial charge in [-0.05, 0) is 41.8 Å². The Morgan fingerprint density at radius 3 is 2.39 bits per heavy atom. The second kappa shape index (κ2) is 9.03. The molecule has 0 radical (unpaired) electrons. The molecule has 4 aromatic rings. The van der Waals surface area contributed by atoms with Crippen LogP contribution in [-0.2, 0) is 12.2 Å². The number of halogens is 1. The fraction of sp³-hybridized carbons (Fsp3) is 0.227. The number of nitrogens with zero attached hydrogens (tertiary/aromatic N) is 2. The maximum absolute atomic E-state index is 12.0. The number of aryl methyl sites for hydroxylation is 1. The van der Waals surface area contributed by atoms with Crippen LogP contribution in [0.1, 0.15) is 18.1 Å². The number of hydrogen-bond acceptors (Lipinski definition) is 8. The standard InChI is InChI=1S/C22H19ClN2O5S/c1-4-12-7-19-17(10-18(12)23)14(8-20(26)29-19)11-31-22-25-24-21(30-22)13-5-15(27-2)9-16(6-13)28-3/h5-10H,4,11H2,1-3H3. The van der Waals surface area contributed by atoms with Gasteiger partial charge in [0.05, 0.1) is 14.2 Å². The van der Waals surface area contributed by atoms with Gasteiger partial charge in [0.2, 0.25) is 5.89 Å². The van der Waals surface area contributed by atoms with Crippen LogP contribution in [0.4, 0.5) is 0 Å². The van der Waals surface area contributed by atoms with E-state index in [1.807, 2.05) is 19.1 Å². The number of fused-ring (bicyclic) bond motifs is 1. The van der Waals surface area contributed by atoms with Gasteiger partial charge in [0.1, 0.15) is 17.1 Å². The van der Waals surface area contributed by atoms with Crippen molar-refractivity contribution < 1.29 is 18.3 Å².